The summed E-state index contributed by atoms with van der Waals surface area (Å²) in [7, 11) is 0. The van der Waals surface area contributed by atoms with Gasteiger partial charge in [0.15, 0.2) is 0 Å². The van der Waals surface area contributed by atoms with Crippen LogP contribution in [0, 0.1) is 18.8 Å². The summed E-state index contributed by atoms with van der Waals surface area (Å²) in [5.74, 6) is 5.96. The Balaban J connectivity index is 2.16. The number of H-pyrrole nitrogens is 1. The molecule has 0 unspecified atom stereocenters. The molecule has 1 amide bonds. The van der Waals surface area contributed by atoms with Crippen LogP contribution in [0.15, 0.2) is 18.5 Å². The van der Waals surface area contributed by atoms with Crippen LogP contribution in [0.4, 0.5) is 5.95 Å². The Morgan fingerprint density at radius 3 is 3.17 bits per heavy atom. The smallest absolute Gasteiger partial charge is 0.268 e. The molecule has 0 saturated heterocycles. The van der Waals surface area contributed by atoms with Crippen LogP contribution in [-0.4, -0.2) is 22.4 Å². The van der Waals surface area contributed by atoms with Gasteiger partial charge in [0.05, 0.1) is 16.3 Å². The minimum Gasteiger partial charge on any atom is -0.331 e. The van der Waals surface area contributed by atoms with Crippen molar-refractivity contribution >= 4 is 23.2 Å². The molecule has 0 spiro atoms. The van der Waals surface area contributed by atoms with Crippen molar-refractivity contribution in [2.24, 2.45) is 5.73 Å². The Bertz CT molecular complexity index is 604. The number of carbonyl (C=O) groups excluding carboxylic acids is 1. The van der Waals surface area contributed by atoms with Crippen LogP contribution in [0.2, 0.25) is 0 Å². The van der Waals surface area contributed by atoms with Gasteiger partial charge in [-0.3, -0.25) is 10.1 Å². The molecule has 0 atom stereocenters. The Labute approximate surface area is 108 Å². The summed E-state index contributed by atoms with van der Waals surface area (Å²) in [6, 6.07) is 1.81. The van der Waals surface area contributed by atoms with Crippen LogP contribution in [0.5, 0.6) is 0 Å². The topological polar surface area (TPSA) is 83.8 Å². The van der Waals surface area contributed by atoms with E-state index in [1.807, 2.05) is 13.0 Å². The first kappa shape index (κ1) is 12.4. The first-order valence-corrected chi connectivity index (χ1v) is 6.12. The van der Waals surface area contributed by atoms with Crippen molar-refractivity contribution in [1.82, 2.24) is 9.97 Å². The standard InChI is InChI=1S/C12H12N4OS/c1-8-7-10(18-9(8)3-2-4-13)11(17)16-12-14-5-6-15-12/h5-7H,4,13H2,1H3,(H2,14,15,16,17). The maximum absolute atomic E-state index is 11.9. The molecule has 0 aliphatic heterocycles. The molecule has 5 nitrogen and oxygen atoms in total. The van der Waals surface area contributed by atoms with Crippen molar-refractivity contribution < 1.29 is 4.79 Å². The normalized spacial score (nSPS) is 9.67. The van der Waals surface area contributed by atoms with Crippen molar-refractivity contribution in [2.45, 2.75) is 6.92 Å². The molecular formula is C12H12N4OS. The second kappa shape index (κ2) is 5.49. The molecule has 0 radical (unpaired) electrons. The van der Waals surface area contributed by atoms with E-state index in [9.17, 15) is 4.79 Å². The first-order chi connectivity index (χ1) is 8.70. The molecular weight excluding hydrogens is 248 g/mol. The van der Waals surface area contributed by atoms with Gasteiger partial charge >= 0.3 is 0 Å². The fourth-order valence-electron chi connectivity index (χ4n) is 1.35. The SMILES string of the molecule is Cc1cc(C(=O)Nc2ncc[nH]2)sc1C#CCN. The highest BCUT2D eigenvalue weighted by Gasteiger charge is 2.12. The average molecular weight is 260 g/mol. The lowest BCUT2D eigenvalue weighted by Gasteiger charge is -1.97. The third kappa shape index (κ3) is 2.77. The molecule has 0 bridgehead atoms. The van der Waals surface area contributed by atoms with Gasteiger partial charge in [-0.1, -0.05) is 11.8 Å². The van der Waals surface area contributed by atoms with Crippen LogP contribution >= 0.6 is 11.3 Å². The van der Waals surface area contributed by atoms with Crippen LogP contribution in [0.25, 0.3) is 0 Å². The molecule has 18 heavy (non-hydrogen) atoms. The van der Waals surface area contributed by atoms with Gasteiger partial charge in [-0.25, -0.2) is 4.98 Å². The van der Waals surface area contributed by atoms with Crippen LogP contribution in [0.3, 0.4) is 0 Å². The third-order valence-corrected chi connectivity index (χ3v) is 3.33. The number of aromatic amines is 1. The number of aromatic nitrogens is 2. The van der Waals surface area contributed by atoms with E-state index in [4.69, 9.17) is 5.73 Å². The Morgan fingerprint density at radius 1 is 1.67 bits per heavy atom. The lowest BCUT2D eigenvalue weighted by Crippen LogP contribution is -2.11. The van der Waals surface area contributed by atoms with Crippen molar-refractivity contribution in [3.05, 3.63) is 33.8 Å². The number of nitrogens with zero attached hydrogens (tertiary/aromatic N) is 1. The molecule has 0 aromatic carbocycles. The maximum atomic E-state index is 11.9. The third-order valence-electron chi connectivity index (χ3n) is 2.18. The summed E-state index contributed by atoms with van der Waals surface area (Å²) in [4.78, 5) is 20.1. The molecule has 0 fully saturated rings. The number of aryl methyl sites for hydroxylation is 1. The van der Waals surface area contributed by atoms with Gasteiger partial charge in [0.2, 0.25) is 5.95 Å². The molecule has 2 heterocycles. The molecule has 0 aliphatic carbocycles. The summed E-state index contributed by atoms with van der Waals surface area (Å²) in [5.41, 5.74) is 6.30. The average Bonchev–Trinajstić information content (AvgIpc) is 2.96. The second-order valence-corrected chi connectivity index (χ2v) is 4.57. The number of amides is 1. The molecule has 6 heteroatoms. The van der Waals surface area contributed by atoms with E-state index in [1.165, 1.54) is 11.3 Å². The zero-order valence-corrected chi connectivity index (χ0v) is 10.6. The lowest BCUT2D eigenvalue weighted by atomic mass is 10.2. The van der Waals surface area contributed by atoms with Gasteiger partial charge in [-0.15, -0.1) is 11.3 Å². The highest BCUT2D eigenvalue weighted by Crippen LogP contribution is 2.21. The summed E-state index contributed by atoms with van der Waals surface area (Å²) in [6.07, 6.45) is 3.22. The highest BCUT2D eigenvalue weighted by atomic mass is 32.1. The number of nitrogens with two attached hydrogens (primary N) is 1. The Kier molecular flexibility index (Phi) is 3.77. The molecule has 2 rings (SSSR count). The number of rotatable bonds is 2. The highest BCUT2D eigenvalue weighted by molar-refractivity contribution is 7.14. The van der Waals surface area contributed by atoms with E-state index in [1.54, 1.807) is 12.4 Å². The van der Waals surface area contributed by atoms with Crippen molar-refractivity contribution in [3.63, 3.8) is 0 Å². The Hall–Kier alpha value is -2.10. The van der Waals surface area contributed by atoms with Gasteiger partial charge in [-0.05, 0) is 18.6 Å². The zero-order chi connectivity index (χ0) is 13.0. The number of hydrogen-bond acceptors (Lipinski definition) is 4. The van der Waals surface area contributed by atoms with Crippen LogP contribution in [0.1, 0.15) is 20.1 Å². The van der Waals surface area contributed by atoms with E-state index in [2.05, 4.69) is 27.1 Å². The van der Waals surface area contributed by atoms with Gasteiger partial charge in [0, 0.05) is 12.4 Å². The minimum atomic E-state index is -0.196. The molecule has 92 valence electrons. The van der Waals surface area contributed by atoms with Crippen LogP contribution in [-0.2, 0) is 0 Å². The predicted octanol–water partition coefficient (Wildman–Crippen LogP) is 1.34. The van der Waals surface area contributed by atoms with E-state index < -0.39 is 0 Å². The fraction of sp³-hybridized carbons (Fsp3) is 0.167. The number of hydrogen-bond donors (Lipinski definition) is 3. The van der Waals surface area contributed by atoms with Gasteiger partial charge in [0.1, 0.15) is 0 Å². The van der Waals surface area contributed by atoms with Crippen molar-refractivity contribution in [3.8, 4) is 11.8 Å². The summed E-state index contributed by atoms with van der Waals surface area (Å²) in [5, 5.41) is 2.67. The summed E-state index contributed by atoms with van der Waals surface area (Å²) >= 11 is 1.35. The molecule has 4 N–H and O–H groups in total. The number of imidazole rings is 1. The number of thiophene rings is 1. The van der Waals surface area contributed by atoms with E-state index in [0.29, 0.717) is 17.4 Å². The zero-order valence-electron chi connectivity index (χ0n) is 9.78. The predicted molar refractivity (Wildman–Crippen MR) is 71.5 cm³/mol. The van der Waals surface area contributed by atoms with Gasteiger partial charge < -0.3 is 10.7 Å². The van der Waals surface area contributed by atoms with E-state index >= 15 is 0 Å². The van der Waals surface area contributed by atoms with Gasteiger partial charge in [-0.2, -0.15) is 0 Å². The quantitative estimate of drug-likeness (QED) is 0.712. The Morgan fingerprint density at radius 2 is 2.50 bits per heavy atom. The van der Waals surface area contributed by atoms with E-state index in [0.717, 1.165) is 10.4 Å². The lowest BCUT2D eigenvalue weighted by molar-refractivity contribution is 0.102. The van der Waals surface area contributed by atoms with Crippen molar-refractivity contribution in [1.29, 1.82) is 0 Å². The second-order valence-electron chi connectivity index (χ2n) is 3.52. The molecule has 0 aliphatic rings. The molecule has 0 saturated carbocycles. The largest absolute Gasteiger partial charge is 0.331 e. The monoisotopic (exact) mass is 260 g/mol. The summed E-state index contributed by atoms with van der Waals surface area (Å²) in [6.45, 7) is 2.23. The number of carbonyl (C=O) groups is 1. The fourth-order valence-corrected chi connectivity index (χ4v) is 2.29. The molecule has 2 aromatic rings. The number of anilines is 1. The minimum absolute atomic E-state index is 0.196. The summed E-state index contributed by atoms with van der Waals surface area (Å²) < 4.78 is 0. The van der Waals surface area contributed by atoms with Crippen molar-refractivity contribution in [2.75, 3.05) is 11.9 Å². The molecule has 2 aromatic heterocycles. The first-order valence-electron chi connectivity index (χ1n) is 5.31. The van der Waals surface area contributed by atoms with E-state index in [-0.39, 0.29) is 5.91 Å². The van der Waals surface area contributed by atoms with Gasteiger partial charge in [0.25, 0.3) is 5.91 Å². The number of nitrogens with one attached hydrogen (secondary N) is 2. The maximum Gasteiger partial charge on any atom is 0.268 e. The van der Waals surface area contributed by atoms with Crippen LogP contribution < -0.4 is 11.1 Å².